The van der Waals surface area contributed by atoms with Crippen LogP contribution in [0.25, 0.3) is 11.0 Å². The van der Waals surface area contributed by atoms with Gasteiger partial charge in [0.25, 0.3) is 0 Å². The number of nitrogens with zero attached hydrogens (tertiary/aromatic N) is 2. The van der Waals surface area contributed by atoms with Crippen LogP contribution >= 0.6 is 0 Å². The third kappa shape index (κ3) is 6.02. The lowest BCUT2D eigenvalue weighted by Gasteiger charge is -2.20. The summed E-state index contributed by atoms with van der Waals surface area (Å²) >= 11 is 0. The zero-order chi connectivity index (χ0) is 24.6. The monoisotopic (exact) mass is 472 g/mol. The number of hydrogen-bond acceptors (Lipinski definition) is 5. The van der Waals surface area contributed by atoms with Gasteiger partial charge in [-0.3, -0.25) is 10.2 Å². The Bertz CT molecular complexity index is 1340. The summed E-state index contributed by atoms with van der Waals surface area (Å²) in [7, 11) is 1.47. The molecule has 0 saturated carbocycles. The molecule has 3 N–H and O–H groups in total. The largest absolute Gasteiger partial charge is 0.444 e. The predicted octanol–water partition coefficient (Wildman–Crippen LogP) is 4.47. The molecule has 178 valence electrons. The molecule has 9 heteroatoms. The van der Waals surface area contributed by atoms with E-state index in [-0.39, 0.29) is 19.2 Å². The van der Waals surface area contributed by atoms with Gasteiger partial charge in [0.15, 0.2) is 11.0 Å². The second-order valence-electron chi connectivity index (χ2n) is 7.79. The van der Waals surface area contributed by atoms with Crippen LogP contribution in [0.5, 0.6) is 0 Å². The Morgan fingerprint density at radius 1 is 0.943 bits per heavy atom. The summed E-state index contributed by atoms with van der Waals surface area (Å²) in [5, 5.41) is 2.58. The van der Waals surface area contributed by atoms with Crippen molar-refractivity contribution in [3.8, 4) is 0 Å². The van der Waals surface area contributed by atoms with Gasteiger partial charge in [0.1, 0.15) is 13.2 Å². The van der Waals surface area contributed by atoms with E-state index in [2.05, 4.69) is 20.3 Å². The molecule has 0 aliphatic heterocycles. The number of hydrogen-bond donors (Lipinski definition) is 2. The molecule has 0 radical (unpaired) electrons. The van der Waals surface area contributed by atoms with Crippen molar-refractivity contribution in [2.24, 2.45) is 4.99 Å². The lowest BCUT2D eigenvalue weighted by atomic mass is 10.1. The minimum absolute atomic E-state index is 0.0286. The van der Waals surface area contributed by atoms with Gasteiger partial charge in [-0.25, -0.2) is 24.5 Å². The molecule has 0 fully saturated rings. The highest BCUT2D eigenvalue weighted by Crippen LogP contribution is 2.24. The number of rotatable bonds is 5. The molecule has 35 heavy (non-hydrogen) atoms. The molecule has 1 aromatic heterocycles. The van der Waals surface area contributed by atoms with Gasteiger partial charge in [-0.1, -0.05) is 60.7 Å². The summed E-state index contributed by atoms with van der Waals surface area (Å²) in [6, 6.07) is 22.3. The van der Waals surface area contributed by atoms with Crippen LogP contribution in [-0.4, -0.2) is 35.1 Å². The normalized spacial score (nSPS) is 11.2. The van der Waals surface area contributed by atoms with Gasteiger partial charge in [-0.15, -0.1) is 0 Å². The summed E-state index contributed by atoms with van der Waals surface area (Å²) in [6.45, 7) is 2.05. The Balaban J connectivity index is 1.53. The van der Waals surface area contributed by atoms with E-state index < -0.39 is 12.2 Å². The van der Waals surface area contributed by atoms with E-state index in [0.717, 1.165) is 32.6 Å². The summed E-state index contributed by atoms with van der Waals surface area (Å²) in [5.74, 6) is -0.0286. The van der Waals surface area contributed by atoms with E-state index in [1.54, 1.807) is 12.4 Å². The second kappa shape index (κ2) is 11.0. The number of amides is 2. The van der Waals surface area contributed by atoms with Crippen LogP contribution < -0.4 is 10.3 Å². The maximum absolute atomic E-state index is 12.8. The number of aromatic amines is 2. The van der Waals surface area contributed by atoms with Crippen LogP contribution in [0.3, 0.4) is 0 Å². The Kier molecular flexibility index (Phi) is 7.37. The number of aliphatic imine (C=N–C) groups is 1. The van der Waals surface area contributed by atoms with Gasteiger partial charge >= 0.3 is 12.2 Å². The molecule has 0 spiro atoms. The number of aryl methyl sites for hydroxylation is 1. The van der Waals surface area contributed by atoms with E-state index in [0.29, 0.717) is 5.69 Å². The molecule has 2 amide bonds. The zero-order valence-electron chi connectivity index (χ0n) is 19.4. The van der Waals surface area contributed by atoms with E-state index in [1.165, 1.54) is 7.05 Å². The average molecular weight is 473 g/mol. The zero-order valence-corrected chi connectivity index (χ0v) is 19.4. The van der Waals surface area contributed by atoms with Gasteiger partial charge in [0, 0.05) is 12.6 Å². The number of imidazole rings is 1. The first-order valence-corrected chi connectivity index (χ1v) is 11.0. The standard InChI is InChI=1S/C26H25N5O4/c1-18-21(13-14-22-23(18)28-17-27-22)29-24(30-25(32)34-15-19-9-5-3-6-10-19)31(2)26(33)35-16-20-11-7-4-8-12-20/h3-14,17H,15-16H2,1-2H3,(H,27,28)(H,29,30,32)/p+1. The maximum atomic E-state index is 12.8. The first kappa shape index (κ1) is 23.5. The van der Waals surface area contributed by atoms with Crippen LogP contribution in [0.15, 0.2) is 84.1 Å². The number of guanidine groups is 1. The quantitative estimate of drug-likeness (QED) is 0.330. The number of benzene rings is 3. The predicted molar refractivity (Wildman–Crippen MR) is 131 cm³/mol. The van der Waals surface area contributed by atoms with Gasteiger partial charge in [0.05, 0.1) is 5.69 Å². The molecule has 0 unspecified atom stereocenters. The lowest BCUT2D eigenvalue weighted by Crippen LogP contribution is -2.45. The first-order valence-electron chi connectivity index (χ1n) is 11.0. The van der Waals surface area contributed by atoms with Crippen molar-refractivity contribution >= 4 is 34.9 Å². The molecule has 0 aliphatic rings. The third-order valence-electron chi connectivity index (χ3n) is 5.33. The lowest BCUT2D eigenvalue weighted by molar-refractivity contribution is -0.344. The van der Waals surface area contributed by atoms with E-state index >= 15 is 0 Å². The highest BCUT2D eigenvalue weighted by atomic mass is 16.6. The van der Waals surface area contributed by atoms with Crippen molar-refractivity contribution < 1.29 is 24.0 Å². The fourth-order valence-electron chi connectivity index (χ4n) is 3.37. The molecular formula is C26H26N5O4+. The Labute approximate surface area is 202 Å². The Hall–Kier alpha value is -4.66. The van der Waals surface area contributed by atoms with Crippen LogP contribution in [0.1, 0.15) is 16.7 Å². The Morgan fingerprint density at radius 3 is 2.23 bits per heavy atom. The van der Waals surface area contributed by atoms with Crippen molar-refractivity contribution in [3.63, 3.8) is 0 Å². The molecule has 1 heterocycles. The number of ether oxygens (including phenoxy) is 2. The molecule has 0 saturated heterocycles. The minimum Gasteiger partial charge on any atom is -0.444 e. The molecule has 0 bridgehead atoms. The van der Waals surface area contributed by atoms with Gasteiger partial charge in [0.2, 0.25) is 12.3 Å². The maximum Gasteiger partial charge on any atom is 0.416 e. The third-order valence-corrected chi connectivity index (χ3v) is 5.33. The highest BCUT2D eigenvalue weighted by Gasteiger charge is 2.21. The first-order chi connectivity index (χ1) is 17.0. The number of fused-ring (bicyclic) bond motifs is 1. The summed E-state index contributed by atoms with van der Waals surface area (Å²) in [6.07, 6.45) is 0.295. The molecule has 0 atom stereocenters. The SMILES string of the molecule is Cc1c(N=C(NC(=O)OCc2ccccc2)N(C)C(=O)OCc2ccccc2)ccc2[nH]c[nH+]c12. The fraction of sp³-hybridized carbons (Fsp3) is 0.154. The molecule has 4 rings (SSSR count). The fourth-order valence-corrected chi connectivity index (χ4v) is 3.37. The Morgan fingerprint density at radius 2 is 1.57 bits per heavy atom. The summed E-state index contributed by atoms with van der Waals surface area (Å²) < 4.78 is 10.7. The molecule has 4 aromatic rings. The highest BCUT2D eigenvalue weighted by molar-refractivity contribution is 6.02. The van der Waals surface area contributed by atoms with Crippen LogP contribution in [-0.2, 0) is 22.7 Å². The molecule has 0 aliphatic carbocycles. The smallest absolute Gasteiger partial charge is 0.416 e. The van der Waals surface area contributed by atoms with Crippen molar-refractivity contribution in [3.05, 3.63) is 95.8 Å². The second-order valence-corrected chi connectivity index (χ2v) is 7.79. The van der Waals surface area contributed by atoms with Crippen molar-refractivity contribution in [1.82, 2.24) is 15.2 Å². The van der Waals surface area contributed by atoms with Crippen molar-refractivity contribution in [2.75, 3.05) is 7.05 Å². The summed E-state index contributed by atoms with van der Waals surface area (Å²) in [5.41, 5.74) is 4.86. The number of nitrogens with one attached hydrogen (secondary N) is 3. The topological polar surface area (TPSA) is 110 Å². The minimum atomic E-state index is -0.748. The summed E-state index contributed by atoms with van der Waals surface area (Å²) in [4.78, 5) is 37.3. The number of alkyl carbamates (subject to hydrolysis) is 1. The van der Waals surface area contributed by atoms with E-state index in [1.807, 2.05) is 73.7 Å². The molecule has 3 aromatic carbocycles. The van der Waals surface area contributed by atoms with E-state index in [4.69, 9.17) is 9.47 Å². The molecule has 9 nitrogen and oxygen atoms in total. The molecular weight excluding hydrogens is 446 g/mol. The number of carbonyl (C=O) groups excluding carboxylic acids is 2. The average Bonchev–Trinajstić information content (AvgIpc) is 3.38. The van der Waals surface area contributed by atoms with Crippen molar-refractivity contribution in [1.29, 1.82) is 0 Å². The van der Waals surface area contributed by atoms with Gasteiger partial charge in [-0.2, -0.15) is 0 Å². The number of carbonyl (C=O) groups is 2. The number of H-pyrrole nitrogens is 2. The van der Waals surface area contributed by atoms with Crippen LogP contribution in [0.4, 0.5) is 15.3 Å². The van der Waals surface area contributed by atoms with Gasteiger partial charge in [-0.05, 0) is 30.2 Å². The number of aromatic nitrogens is 2. The van der Waals surface area contributed by atoms with E-state index in [9.17, 15) is 9.59 Å². The van der Waals surface area contributed by atoms with Crippen molar-refractivity contribution in [2.45, 2.75) is 20.1 Å². The van der Waals surface area contributed by atoms with Gasteiger partial charge < -0.3 is 9.47 Å². The van der Waals surface area contributed by atoms with Crippen LogP contribution in [0, 0.1) is 6.92 Å². The van der Waals surface area contributed by atoms with Crippen LogP contribution in [0.2, 0.25) is 0 Å².